The summed E-state index contributed by atoms with van der Waals surface area (Å²) in [6, 6.07) is 12.6. The summed E-state index contributed by atoms with van der Waals surface area (Å²) >= 11 is 0. The van der Waals surface area contributed by atoms with Crippen LogP contribution in [0.15, 0.2) is 42.5 Å². The maximum absolute atomic E-state index is 9.73. The van der Waals surface area contributed by atoms with Crippen LogP contribution in [-0.2, 0) is 0 Å². The molecular formula is C12H12N2O. The third-order valence-electron chi connectivity index (χ3n) is 2.32. The van der Waals surface area contributed by atoms with Gasteiger partial charge in [-0.15, -0.1) is 0 Å². The van der Waals surface area contributed by atoms with Crippen LogP contribution in [0.1, 0.15) is 0 Å². The van der Waals surface area contributed by atoms with Crippen molar-refractivity contribution >= 4 is 11.4 Å². The van der Waals surface area contributed by atoms with Gasteiger partial charge in [0.2, 0.25) is 0 Å². The number of hydrogen-bond donors (Lipinski definition) is 3. The van der Waals surface area contributed by atoms with Gasteiger partial charge in [0.15, 0.2) is 0 Å². The van der Waals surface area contributed by atoms with Crippen LogP contribution in [0.25, 0.3) is 11.1 Å². The lowest BCUT2D eigenvalue weighted by Gasteiger charge is -2.10. The molecule has 3 nitrogen and oxygen atoms in total. The molecule has 2 rings (SSSR count). The summed E-state index contributed by atoms with van der Waals surface area (Å²) in [6.07, 6.45) is 0. The van der Waals surface area contributed by atoms with Crippen LogP contribution in [0.4, 0.5) is 11.4 Å². The minimum atomic E-state index is 0.146. The van der Waals surface area contributed by atoms with Crippen LogP contribution >= 0.6 is 0 Å². The number of phenols is 1. The van der Waals surface area contributed by atoms with Gasteiger partial charge in [-0.2, -0.15) is 0 Å². The van der Waals surface area contributed by atoms with Crippen molar-refractivity contribution in [1.82, 2.24) is 0 Å². The highest BCUT2D eigenvalue weighted by Gasteiger charge is 2.09. The Morgan fingerprint density at radius 2 is 1.53 bits per heavy atom. The second-order valence-corrected chi connectivity index (χ2v) is 3.33. The molecule has 3 heteroatoms. The van der Waals surface area contributed by atoms with Gasteiger partial charge in [-0.05, 0) is 17.7 Å². The van der Waals surface area contributed by atoms with E-state index in [1.807, 2.05) is 30.3 Å². The Kier molecular flexibility index (Phi) is 2.21. The van der Waals surface area contributed by atoms with E-state index in [0.717, 1.165) is 5.56 Å². The van der Waals surface area contributed by atoms with E-state index >= 15 is 0 Å². The van der Waals surface area contributed by atoms with Crippen molar-refractivity contribution in [3.8, 4) is 16.9 Å². The molecule has 15 heavy (non-hydrogen) atoms. The SMILES string of the molecule is Nc1ccc(O)c(-c2ccccc2)c1N. The van der Waals surface area contributed by atoms with Crippen LogP contribution < -0.4 is 11.5 Å². The zero-order chi connectivity index (χ0) is 10.8. The molecule has 0 fully saturated rings. The molecule has 0 spiro atoms. The van der Waals surface area contributed by atoms with Crippen molar-refractivity contribution in [2.45, 2.75) is 0 Å². The monoisotopic (exact) mass is 200 g/mol. The first kappa shape index (κ1) is 9.40. The first-order valence-corrected chi connectivity index (χ1v) is 4.62. The molecule has 2 aromatic rings. The zero-order valence-corrected chi connectivity index (χ0v) is 8.14. The summed E-state index contributed by atoms with van der Waals surface area (Å²) < 4.78 is 0. The van der Waals surface area contributed by atoms with Gasteiger partial charge in [0.05, 0.1) is 11.4 Å². The zero-order valence-electron chi connectivity index (χ0n) is 8.14. The van der Waals surface area contributed by atoms with E-state index in [9.17, 15) is 5.11 Å². The van der Waals surface area contributed by atoms with E-state index in [1.54, 1.807) is 12.1 Å². The summed E-state index contributed by atoms with van der Waals surface area (Å²) in [4.78, 5) is 0. The normalized spacial score (nSPS) is 10.1. The Morgan fingerprint density at radius 1 is 0.867 bits per heavy atom. The van der Waals surface area contributed by atoms with Gasteiger partial charge in [-0.1, -0.05) is 30.3 Å². The standard InChI is InChI=1S/C12H12N2O/c13-9-6-7-10(15)11(12(9)14)8-4-2-1-3-5-8/h1-7,15H,13-14H2. The van der Waals surface area contributed by atoms with Gasteiger partial charge in [0.1, 0.15) is 5.75 Å². The molecule has 0 heterocycles. The Bertz CT molecular complexity index is 480. The van der Waals surface area contributed by atoms with Gasteiger partial charge < -0.3 is 16.6 Å². The van der Waals surface area contributed by atoms with Crippen LogP contribution in [0.3, 0.4) is 0 Å². The highest BCUT2D eigenvalue weighted by molar-refractivity contribution is 5.88. The number of phenolic OH excluding ortho intramolecular Hbond substituents is 1. The third-order valence-corrected chi connectivity index (χ3v) is 2.32. The number of aromatic hydroxyl groups is 1. The van der Waals surface area contributed by atoms with Crippen molar-refractivity contribution in [3.05, 3.63) is 42.5 Å². The molecule has 0 aliphatic carbocycles. The molecule has 0 radical (unpaired) electrons. The van der Waals surface area contributed by atoms with Crippen LogP contribution in [0, 0.1) is 0 Å². The molecule has 76 valence electrons. The molecule has 0 aliphatic heterocycles. The predicted molar refractivity (Wildman–Crippen MR) is 62.4 cm³/mol. The lowest BCUT2D eigenvalue weighted by Crippen LogP contribution is -1.97. The van der Waals surface area contributed by atoms with Gasteiger partial charge in [-0.25, -0.2) is 0 Å². The van der Waals surface area contributed by atoms with Crippen LogP contribution in [-0.4, -0.2) is 5.11 Å². The molecule has 5 N–H and O–H groups in total. The Hall–Kier alpha value is -2.16. The number of anilines is 2. The largest absolute Gasteiger partial charge is 0.507 e. The van der Waals surface area contributed by atoms with E-state index in [4.69, 9.17) is 11.5 Å². The molecule has 0 bridgehead atoms. The number of hydrogen-bond acceptors (Lipinski definition) is 3. The Balaban J connectivity index is 2.68. The fourth-order valence-corrected chi connectivity index (χ4v) is 1.53. The van der Waals surface area contributed by atoms with E-state index in [2.05, 4.69) is 0 Å². The fraction of sp³-hybridized carbons (Fsp3) is 0. The lowest BCUT2D eigenvalue weighted by atomic mass is 10.0. The summed E-state index contributed by atoms with van der Waals surface area (Å²) in [7, 11) is 0. The average Bonchev–Trinajstić information content (AvgIpc) is 2.26. The summed E-state index contributed by atoms with van der Waals surface area (Å²) in [6.45, 7) is 0. The van der Waals surface area contributed by atoms with Gasteiger partial charge in [-0.3, -0.25) is 0 Å². The lowest BCUT2D eigenvalue weighted by molar-refractivity contribution is 0.477. The van der Waals surface area contributed by atoms with Gasteiger partial charge >= 0.3 is 0 Å². The molecular weight excluding hydrogens is 188 g/mol. The van der Waals surface area contributed by atoms with E-state index in [-0.39, 0.29) is 5.75 Å². The molecule has 0 atom stereocenters. The predicted octanol–water partition coefficient (Wildman–Crippen LogP) is 2.22. The molecule has 2 aromatic carbocycles. The number of rotatable bonds is 1. The minimum Gasteiger partial charge on any atom is -0.507 e. The smallest absolute Gasteiger partial charge is 0.125 e. The molecule has 0 amide bonds. The fourth-order valence-electron chi connectivity index (χ4n) is 1.53. The average molecular weight is 200 g/mol. The van der Waals surface area contributed by atoms with Crippen molar-refractivity contribution in [2.75, 3.05) is 11.5 Å². The third kappa shape index (κ3) is 1.59. The molecule has 0 saturated carbocycles. The quantitative estimate of drug-likeness (QED) is 0.488. The summed E-state index contributed by atoms with van der Waals surface area (Å²) in [5.41, 5.74) is 13.9. The van der Waals surface area contributed by atoms with Gasteiger partial charge in [0.25, 0.3) is 0 Å². The van der Waals surface area contributed by atoms with Crippen molar-refractivity contribution in [2.24, 2.45) is 0 Å². The second-order valence-electron chi connectivity index (χ2n) is 3.33. The number of nitrogens with two attached hydrogens (primary N) is 2. The van der Waals surface area contributed by atoms with Crippen molar-refractivity contribution < 1.29 is 5.11 Å². The van der Waals surface area contributed by atoms with Crippen molar-refractivity contribution in [1.29, 1.82) is 0 Å². The molecule has 0 unspecified atom stereocenters. The molecule has 0 aromatic heterocycles. The van der Waals surface area contributed by atoms with Crippen LogP contribution in [0.2, 0.25) is 0 Å². The Labute approximate surface area is 88.0 Å². The maximum Gasteiger partial charge on any atom is 0.125 e. The van der Waals surface area contributed by atoms with E-state index in [1.165, 1.54) is 0 Å². The molecule has 0 aliphatic rings. The van der Waals surface area contributed by atoms with Crippen LogP contribution in [0.5, 0.6) is 5.75 Å². The van der Waals surface area contributed by atoms with Gasteiger partial charge in [0, 0.05) is 5.56 Å². The van der Waals surface area contributed by atoms with E-state index in [0.29, 0.717) is 16.9 Å². The van der Waals surface area contributed by atoms with E-state index < -0.39 is 0 Å². The highest BCUT2D eigenvalue weighted by Crippen LogP contribution is 2.37. The van der Waals surface area contributed by atoms with Crippen molar-refractivity contribution in [3.63, 3.8) is 0 Å². The number of benzene rings is 2. The minimum absolute atomic E-state index is 0.146. The Morgan fingerprint density at radius 3 is 2.20 bits per heavy atom. The second kappa shape index (κ2) is 3.53. The first-order chi connectivity index (χ1) is 7.20. The topological polar surface area (TPSA) is 72.3 Å². The molecule has 0 saturated heterocycles. The number of nitrogen functional groups attached to an aromatic ring is 2. The maximum atomic E-state index is 9.73. The summed E-state index contributed by atoms with van der Waals surface area (Å²) in [5, 5.41) is 9.73. The highest BCUT2D eigenvalue weighted by atomic mass is 16.3. The first-order valence-electron chi connectivity index (χ1n) is 4.62. The summed E-state index contributed by atoms with van der Waals surface area (Å²) in [5.74, 6) is 0.146.